The number of hydrogen-bond donors (Lipinski definition) is 2. The van der Waals surface area contributed by atoms with E-state index >= 15 is 0 Å². The Morgan fingerprint density at radius 2 is 1.95 bits per heavy atom. The zero-order chi connectivity index (χ0) is 15.4. The predicted molar refractivity (Wildman–Crippen MR) is 76.2 cm³/mol. The van der Waals surface area contributed by atoms with Gasteiger partial charge >= 0.3 is 0 Å². The fourth-order valence-electron chi connectivity index (χ4n) is 1.57. The summed E-state index contributed by atoms with van der Waals surface area (Å²) < 4.78 is 25.8. The molecule has 1 atom stereocenters. The van der Waals surface area contributed by atoms with Crippen LogP contribution in [0, 0.1) is 11.6 Å². The van der Waals surface area contributed by atoms with E-state index in [2.05, 4.69) is 10.6 Å². The van der Waals surface area contributed by atoms with E-state index in [0.717, 1.165) is 12.1 Å². The highest BCUT2D eigenvalue weighted by Crippen LogP contribution is 2.13. The second-order valence-electron chi connectivity index (χ2n) is 4.29. The number of anilines is 1. The van der Waals surface area contributed by atoms with Gasteiger partial charge in [-0.05, 0) is 30.5 Å². The van der Waals surface area contributed by atoms with Crippen LogP contribution in [0.2, 0.25) is 0 Å². The number of nitrogens with one attached hydrogen (secondary N) is 2. The summed E-state index contributed by atoms with van der Waals surface area (Å²) in [6.07, 6.45) is 0. The van der Waals surface area contributed by atoms with Crippen molar-refractivity contribution in [1.82, 2.24) is 5.32 Å². The van der Waals surface area contributed by atoms with Crippen molar-refractivity contribution < 1.29 is 18.4 Å². The lowest BCUT2D eigenvalue weighted by Crippen LogP contribution is -2.41. The first kappa shape index (κ1) is 15.1. The van der Waals surface area contributed by atoms with Gasteiger partial charge in [0, 0.05) is 11.8 Å². The summed E-state index contributed by atoms with van der Waals surface area (Å²) in [6.45, 7) is 1.50. The van der Waals surface area contributed by atoms with Gasteiger partial charge in [0.15, 0.2) is 11.6 Å². The molecule has 0 spiro atoms. The first-order valence-corrected chi connectivity index (χ1v) is 6.95. The molecule has 0 aliphatic rings. The highest BCUT2D eigenvalue weighted by atomic mass is 32.1. The Bertz CT molecular complexity index is 659. The summed E-state index contributed by atoms with van der Waals surface area (Å²) in [5.41, 5.74) is 0.121. The molecule has 0 fully saturated rings. The standard InChI is InChI=1S/C14H12F2N2O2S/c1-8(17-14(20)12-3-2-6-21-12)13(19)18-9-4-5-10(15)11(16)7-9/h2-8H,1H3,(H,17,20)(H,18,19)/t8-/m1/s1. The SMILES string of the molecule is C[C@@H](NC(=O)c1cccs1)C(=O)Nc1ccc(F)c(F)c1. The fourth-order valence-corrected chi connectivity index (χ4v) is 2.19. The number of amides is 2. The average molecular weight is 310 g/mol. The van der Waals surface area contributed by atoms with Crippen molar-refractivity contribution in [1.29, 1.82) is 0 Å². The Hall–Kier alpha value is -2.28. The van der Waals surface area contributed by atoms with Crippen LogP contribution in [0.5, 0.6) is 0 Å². The lowest BCUT2D eigenvalue weighted by atomic mass is 10.2. The van der Waals surface area contributed by atoms with Gasteiger partial charge in [0.05, 0.1) is 4.88 Å². The predicted octanol–water partition coefficient (Wildman–Crippen LogP) is 2.78. The third-order valence-corrected chi connectivity index (χ3v) is 3.54. The molecule has 0 aliphatic heterocycles. The zero-order valence-corrected chi connectivity index (χ0v) is 11.8. The molecule has 1 heterocycles. The number of rotatable bonds is 4. The normalized spacial score (nSPS) is 11.8. The number of carbonyl (C=O) groups excluding carboxylic acids is 2. The van der Waals surface area contributed by atoms with Crippen LogP contribution in [-0.4, -0.2) is 17.9 Å². The van der Waals surface area contributed by atoms with Crippen LogP contribution in [0.25, 0.3) is 0 Å². The molecule has 7 heteroatoms. The first-order chi connectivity index (χ1) is 9.97. The molecular formula is C14H12F2N2O2S. The topological polar surface area (TPSA) is 58.2 Å². The Balaban J connectivity index is 1.96. The molecule has 4 nitrogen and oxygen atoms in total. The minimum absolute atomic E-state index is 0.121. The van der Waals surface area contributed by atoms with Crippen LogP contribution in [0.15, 0.2) is 35.7 Å². The van der Waals surface area contributed by atoms with Gasteiger partial charge in [-0.25, -0.2) is 8.78 Å². The highest BCUT2D eigenvalue weighted by Gasteiger charge is 2.17. The van der Waals surface area contributed by atoms with Gasteiger partial charge in [0.2, 0.25) is 5.91 Å². The van der Waals surface area contributed by atoms with E-state index in [9.17, 15) is 18.4 Å². The lowest BCUT2D eigenvalue weighted by molar-refractivity contribution is -0.117. The maximum atomic E-state index is 13.0. The van der Waals surface area contributed by atoms with E-state index in [0.29, 0.717) is 4.88 Å². The summed E-state index contributed by atoms with van der Waals surface area (Å²) in [5, 5.41) is 6.67. The molecule has 2 N–H and O–H groups in total. The smallest absolute Gasteiger partial charge is 0.261 e. The first-order valence-electron chi connectivity index (χ1n) is 6.07. The highest BCUT2D eigenvalue weighted by molar-refractivity contribution is 7.12. The van der Waals surface area contributed by atoms with Crippen molar-refractivity contribution in [2.75, 3.05) is 5.32 Å². The van der Waals surface area contributed by atoms with E-state index < -0.39 is 23.6 Å². The van der Waals surface area contributed by atoms with E-state index in [1.54, 1.807) is 17.5 Å². The average Bonchev–Trinajstić information content (AvgIpc) is 2.97. The largest absolute Gasteiger partial charge is 0.340 e. The van der Waals surface area contributed by atoms with E-state index in [1.165, 1.54) is 24.3 Å². The molecule has 0 aliphatic carbocycles. The van der Waals surface area contributed by atoms with Crippen molar-refractivity contribution in [3.63, 3.8) is 0 Å². The Morgan fingerprint density at radius 3 is 2.57 bits per heavy atom. The molecule has 1 aromatic carbocycles. The quantitative estimate of drug-likeness (QED) is 0.912. The molecule has 110 valence electrons. The third kappa shape index (κ3) is 3.85. The lowest BCUT2D eigenvalue weighted by Gasteiger charge is -2.13. The second-order valence-corrected chi connectivity index (χ2v) is 5.24. The molecule has 1 aromatic heterocycles. The molecule has 2 rings (SSSR count). The monoisotopic (exact) mass is 310 g/mol. The van der Waals surface area contributed by atoms with Crippen molar-refractivity contribution in [3.8, 4) is 0 Å². The number of hydrogen-bond acceptors (Lipinski definition) is 3. The van der Waals surface area contributed by atoms with Gasteiger partial charge < -0.3 is 10.6 Å². The van der Waals surface area contributed by atoms with Crippen LogP contribution in [0.4, 0.5) is 14.5 Å². The zero-order valence-electron chi connectivity index (χ0n) is 11.0. The number of thiophene rings is 1. The van der Waals surface area contributed by atoms with Gasteiger partial charge in [-0.1, -0.05) is 6.07 Å². The van der Waals surface area contributed by atoms with Crippen molar-refractivity contribution in [2.24, 2.45) is 0 Å². The van der Waals surface area contributed by atoms with Crippen LogP contribution in [0.3, 0.4) is 0 Å². The van der Waals surface area contributed by atoms with Gasteiger partial charge in [-0.3, -0.25) is 9.59 Å². The summed E-state index contributed by atoms with van der Waals surface area (Å²) in [7, 11) is 0. The molecule has 0 unspecified atom stereocenters. The molecule has 0 saturated carbocycles. The molecular weight excluding hydrogens is 298 g/mol. The molecule has 0 bridgehead atoms. The maximum absolute atomic E-state index is 13.0. The number of carbonyl (C=O) groups is 2. The van der Waals surface area contributed by atoms with E-state index in [-0.39, 0.29) is 11.6 Å². The van der Waals surface area contributed by atoms with Crippen LogP contribution >= 0.6 is 11.3 Å². The summed E-state index contributed by atoms with van der Waals surface area (Å²) >= 11 is 1.26. The Labute approximate surface area is 123 Å². The molecule has 2 amide bonds. The molecule has 2 aromatic rings. The van der Waals surface area contributed by atoms with Crippen molar-refractivity contribution in [3.05, 3.63) is 52.2 Å². The molecule has 0 radical (unpaired) electrons. The Kier molecular flexibility index (Phi) is 4.64. The van der Waals surface area contributed by atoms with Gasteiger partial charge in [-0.2, -0.15) is 0 Å². The second kappa shape index (κ2) is 6.45. The van der Waals surface area contributed by atoms with Gasteiger partial charge in [-0.15, -0.1) is 11.3 Å². The van der Waals surface area contributed by atoms with Crippen molar-refractivity contribution in [2.45, 2.75) is 13.0 Å². The summed E-state index contributed by atoms with van der Waals surface area (Å²) in [4.78, 5) is 24.1. The van der Waals surface area contributed by atoms with Gasteiger partial charge in [0.1, 0.15) is 6.04 Å². The summed E-state index contributed by atoms with van der Waals surface area (Å²) in [5.74, 6) is -2.93. The fraction of sp³-hybridized carbons (Fsp3) is 0.143. The molecule has 0 saturated heterocycles. The molecule has 21 heavy (non-hydrogen) atoms. The van der Waals surface area contributed by atoms with Crippen LogP contribution in [-0.2, 0) is 4.79 Å². The maximum Gasteiger partial charge on any atom is 0.261 e. The van der Waals surface area contributed by atoms with Crippen molar-refractivity contribution >= 4 is 28.8 Å². The van der Waals surface area contributed by atoms with Crippen LogP contribution in [0.1, 0.15) is 16.6 Å². The Morgan fingerprint density at radius 1 is 1.19 bits per heavy atom. The number of benzene rings is 1. The minimum atomic E-state index is -1.05. The van der Waals surface area contributed by atoms with Gasteiger partial charge in [0.25, 0.3) is 5.91 Å². The van der Waals surface area contributed by atoms with E-state index in [4.69, 9.17) is 0 Å². The van der Waals surface area contributed by atoms with E-state index in [1.807, 2.05) is 0 Å². The van der Waals surface area contributed by atoms with Crippen LogP contribution < -0.4 is 10.6 Å². The number of halogens is 2. The third-order valence-electron chi connectivity index (χ3n) is 2.67. The summed E-state index contributed by atoms with van der Waals surface area (Å²) in [6, 6.07) is 5.59. The minimum Gasteiger partial charge on any atom is -0.340 e.